The molecule has 0 spiro atoms. The first-order valence-corrected chi connectivity index (χ1v) is 6.82. The number of rotatable bonds is 5. The van der Waals surface area contributed by atoms with E-state index in [2.05, 4.69) is 15.1 Å². The van der Waals surface area contributed by atoms with Gasteiger partial charge in [-0.2, -0.15) is 5.10 Å². The van der Waals surface area contributed by atoms with Gasteiger partial charge in [0.2, 0.25) is 0 Å². The highest BCUT2D eigenvalue weighted by molar-refractivity contribution is 5.63. The summed E-state index contributed by atoms with van der Waals surface area (Å²) in [7, 11) is 0. The Morgan fingerprint density at radius 3 is 2.86 bits per heavy atom. The SMILES string of the molecule is C[C@H](Cc1ncc2c(N)ncnn12)OCc1ccccc1. The first-order valence-electron chi connectivity index (χ1n) is 6.82. The third-order valence-corrected chi connectivity index (χ3v) is 3.28. The lowest BCUT2D eigenvalue weighted by molar-refractivity contribution is 0.0520. The second kappa shape index (κ2) is 5.88. The summed E-state index contributed by atoms with van der Waals surface area (Å²) in [6, 6.07) is 10.1. The van der Waals surface area contributed by atoms with E-state index in [4.69, 9.17) is 10.5 Å². The van der Waals surface area contributed by atoms with Crippen LogP contribution in [0, 0.1) is 0 Å². The van der Waals surface area contributed by atoms with Crippen LogP contribution in [0.5, 0.6) is 0 Å². The summed E-state index contributed by atoms with van der Waals surface area (Å²) in [5.41, 5.74) is 7.67. The Balaban J connectivity index is 1.66. The van der Waals surface area contributed by atoms with Crippen LogP contribution in [0.15, 0.2) is 42.9 Å². The van der Waals surface area contributed by atoms with Gasteiger partial charge in [-0.15, -0.1) is 0 Å². The molecule has 108 valence electrons. The van der Waals surface area contributed by atoms with Crippen molar-refractivity contribution in [3.63, 3.8) is 0 Å². The Labute approximate surface area is 122 Å². The van der Waals surface area contributed by atoms with Gasteiger partial charge in [-0.05, 0) is 12.5 Å². The van der Waals surface area contributed by atoms with E-state index >= 15 is 0 Å². The molecule has 2 heterocycles. The summed E-state index contributed by atoms with van der Waals surface area (Å²) in [4.78, 5) is 8.30. The zero-order chi connectivity index (χ0) is 14.7. The number of ether oxygens (including phenoxy) is 1. The van der Waals surface area contributed by atoms with Crippen LogP contribution in [-0.4, -0.2) is 25.7 Å². The topological polar surface area (TPSA) is 78.3 Å². The molecule has 3 aromatic rings. The molecule has 0 aliphatic rings. The van der Waals surface area contributed by atoms with Gasteiger partial charge in [-0.25, -0.2) is 14.5 Å². The monoisotopic (exact) mass is 283 g/mol. The zero-order valence-corrected chi connectivity index (χ0v) is 11.8. The van der Waals surface area contributed by atoms with Crippen molar-refractivity contribution in [1.29, 1.82) is 0 Å². The lowest BCUT2D eigenvalue weighted by Gasteiger charge is -2.12. The molecule has 2 N–H and O–H groups in total. The summed E-state index contributed by atoms with van der Waals surface area (Å²) in [5.74, 6) is 1.25. The fraction of sp³-hybridized carbons (Fsp3) is 0.267. The van der Waals surface area contributed by atoms with Crippen LogP contribution < -0.4 is 5.73 Å². The molecule has 1 atom stereocenters. The van der Waals surface area contributed by atoms with Gasteiger partial charge >= 0.3 is 0 Å². The number of hydrogen-bond acceptors (Lipinski definition) is 5. The maximum absolute atomic E-state index is 5.85. The molecule has 0 saturated carbocycles. The molecule has 0 unspecified atom stereocenters. The van der Waals surface area contributed by atoms with E-state index in [9.17, 15) is 0 Å². The van der Waals surface area contributed by atoms with E-state index < -0.39 is 0 Å². The molecular formula is C15H17N5O. The second-order valence-electron chi connectivity index (χ2n) is 4.93. The van der Waals surface area contributed by atoms with Crippen molar-refractivity contribution in [3.8, 4) is 0 Å². The molecule has 0 aliphatic heterocycles. The van der Waals surface area contributed by atoms with Crippen molar-refractivity contribution >= 4 is 11.3 Å². The quantitative estimate of drug-likeness (QED) is 0.773. The van der Waals surface area contributed by atoms with Crippen LogP contribution in [0.25, 0.3) is 5.52 Å². The van der Waals surface area contributed by atoms with Crippen molar-refractivity contribution in [3.05, 3.63) is 54.2 Å². The first-order chi connectivity index (χ1) is 10.2. The van der Waals surface area contributed by atoms with E-state index in [-0.39, 0.29) is 6.10 Å². The van der Waals surface area contributed by atoms with Gasteiger partial charge < -0.3 is 10.5 Å². The van der Waals surface area contributed by atoms with Crippen molar-refractivity contribution in [1.82, 2.24) is 19.6 Å². The summed E-state index contributed by atoms with van der Waals surface area (Å²) < 4.78 is 7.57. The highest BCUT2D eigenvalue weighted by Crippen LogP contribution is 2.13. The molecule has 0 fully saturated rings. The normalized spacial score (nSPS) is 12.6. The van der Waals surface area contributed by atoms with Gasteiger partial charge in [0.15, 0.2) is 5.82 Å². The van der Waals surface area contributed by atoms with E-state index in [1.54, 1.807) is 10.7 Å². The zero-order valence-electron chi connectivity index (χ0n) is 11.8. The lowest BCUT2D eigenvalue weighted by Crippen LogP contribution is -2.14. The minimum atomic E-state index is 0.0343. The molecule has 6 nitrogen and oxygen atoms in total. The van der Waals surface area contributed by atoms with E-state index in [0.29, 0.717) is 18.8 Å². The summed E-state index contributed by atoms with van der Waals surface area (Å²) in [6.45, 7) is 2.61. The van der Waals surface area contributed by atoms with Gasteiger partial charge in [-0.1, -0.05) is 30.3 Å². The number of anilines is 1. The molecule has 0 radical (unpaired) electrons. The Kier molecular flexibility index (Phi) is 3.79. The summed E-state index contributed by atoms with van der Waals surface area (Å²) in [6.07, 6.45) is 3.82. The average molecular weight is 283 g/mol. The van der Waals surface area contributed by atoms with Crippen LogP contribution in [0.1, 0.15) is 18.3 Å². The Hall–Kier alpha value is -2.47. The van der Waals surface area contributed by atoms with Crippen LogP contribution in [0.2, 0.25) is 0 Å². The van der Waals surface area contributed by atoms with E-state index in [1.807, 2.05) is 37.3 Å². The minimum Gasteiger partial charge on any atom is -0.382 e. The standard InChI is InChI=1S/C15H17N5O/c1-11(21-9-12-5-3-2-4-6-12)7-14-17-8-13-15(16)18-10-19-20(13)14/h2-6,8,10-11H,7,9H2,1H3,(H2,16,18,19)/t11-/m1/s1. The third-order valence-electron chi connectivity index (χ3n) is 3.28. The number of nitrogen functional groups attached to an aromatic ring is 1. The third kappa shape index (κ3) is 3.00. The molecule has 1 aromatic carbocycles. The highest BCUT2D eigenvalue weighted by Gasteiger charge is 2.12. The fourth-order valence-electron chi connectivity index (χ4n) is 2.16. The van der Waals surface area contributed by atoms with Crippen molar-refractivity contribution in [2.24, 2.45) is 0 Å². The molecule has 0 bridgehead atoms. The largest absolute Gasteiger partial charge is 0.382 e. The number of nitrogens with two attached hydrogens (primary N) is 1. The maximum atomic E-state index is 5.85. The predicted molar refractivity (Wildman–Crippen MR) is 79.6 cm³/mol. The van der Waals surface area contributed by atoms with E-state index in [0.717, 1.165) is 16.9 Å². The Bertz CT molecular complexity index is 725. The smallest absolute Gasteiger partial charge is 0.153 e. The number of hydrogen-bond donors (Lipinski definition) is 1. The van der Waals surface area contributed by atoms with Crippen molar-refractivity contribution in [2.75, 3.05) is 5.73 Å². The van der Waals surface area contributed by atoms with E-state index in [1.165, 1.54) is 6.33 Å². The van der Waals surface area contributed by atoms with Crippen molar-refractivity contribution in [2.45, 2.75) is 26.1 Å². The summed E-state index contributed by atoms with van der Waals surface area (Å²) >= 11 is 0. The minimum absolute atomic E-state index is 0.0343. The van der Waals surface area contributed by atoms with Gasteiger partial charge in [0.05, 0.1) is 18.9 Å². The number of aromatic nitrogens is 4. The fourth-order valence-corrected chi connectivity index (χ4v) is 2.16. The van der Waals surface area contributed by atoms with Gasteiger partial charge in [-0.3, -0.25) is 0 Å². The molecule has 2 aromatic heterocycles. The maximum Gasteiger partial charge on any atom is 0.153 e. The molecular weight excluding hydrogens is 266 g/mol. The summed E-state index contributed by atoms with van der Waals surface area (Å²) in [5, 5.41) is 4.18. The average Bonchev–Trinajstić information content (AvgIpc) is 2.91. The molecule has 6 heteroatoms. The second-order valence-corrected chi connectivity index (χ2v) is 4.93. The molecule has 0 saturated heterocycles. The van der Waals surface area contributed by atoms with Gasteiger partial charge in [0.1, 0.15) is 17.7 Å². The first kappa shape index (κ1) is 13.5. The lowest BCUT2D eigenvalue weighted by atomic mass is 10.2. The molecule has 0 amide bonds. The molecule has 21 heavy (non-hydrogen) atoms. The number of imidazole rings is 1. The number of fused-ring (bicyclic) bond motifs is 1. The van der Waals surface area contributed by atoms with Crippen LogP contribution in [0.3, 0.4) is 0 Å². The van der Waals surface area contributed by atoms with Crippen molar-refractivity contribution < 1.29 is 4.74 Å². The molecule has 3 rings (SSSR count). The van der Waals surface area contributed by atoms with Gasteiger partial charge in [0.25, 0.3) is 0 Å². The Morgan fingerprint density at radius 2 is 2.05 bits per heavy atom. The van der Waals surface area contributed by atoms with Crippen LogP contribution in [-0.2, 0) is 17.8 Å². The predicted octanol–water partition coefficient (Wildman–Crippen LogP) is 1.85. The van der Waals surface area contributed by atoms with Crippen LogP contribution in [0.4, 0.5) is 5.82 Å². The van der Waals surface area contributed by atoms with Gasteiger partial charge in [0, 0.05) is 6.42 Å². The number of benzene rings is 1. The van der Waals surface area contributed by atoms with Crippen LogP contribution >= 0.6 is 0 Å². The highest BCUT2D eigenvalue weighted by atomic mass is 16.5. The molecule has 0 aliphatic carbocycles. The Morgan fingerprint density at radius 1 is 1.24 bits per heavy atom. The number of nitrogens with zero attached hydrogens (tertiary/aromatic N) is 4.